The number of carboxylic acid groups (broad SMARTS) is 1. The standard InChI is InChI=1S/C15H18ClN5O5/c16-14-18-11(9-3-7-26-8-4-9)12(21(24)25)13(19-14)17-10-1-5-20(6-2-10)15(22)23/h3,10H,1-2,4-8H2,(H,22,23)(H,17,18,19). The van der Waals surface area contributed by atoms with E-state index in [4.69, 9.17) is 21.4 Å². The molecule has 3 heterocycles. The minimum Gasteiger partial charge on any atom is -0.465 e. The maximum absolute atomic E-state index is 11.7. The Morgan fingerprint density at radius 1 is 1.42 bits per heavy atom. The maximum Gasteiger partial charge on any atom is 0.407 e. The number of hydrogen-bond donors (Lipinski definition) is 2. The van der Waals surface area contributed by atoms with E-state index in [1.807, 2.05) is 0 Å². The lowest BCUT2D eigenvalue weighted by Gasteiger charge is -2.30. The summed E-state index contributed by atoms with van der Waals surface area (Å²) in [6.45, 7) is 1.54. The number of piperidine rings is 1. The van der Waals surface area contributed by atoms with Gasteiger partial charge in [-0.25, -0.2) is 9.78 Å². The molecule has 1 amide bonds. The van der Waals surface area contributed by atoms with Gasteiger partial charge in [-0.15, -0.1) is 0 Å². The first-order chi connectivity index (χ1) is 12.5. The Kier molecular flexibility index (Phi) is 5.52. The first-order valence-electron chi connectivity index (χ1n) is 8.19. The third-order valence-electron chi connectivity index (χ3n) is 4.41. The van der Waals surface area contributed by atoms with E-state index >= 15 is 0 Å². The zero-order valence-electron chi connectivity index (χ0n) is 13.9. The molecule has 140 valence electrons. The summed E-state index contributed by atoms with van der Waals surface area (Å²) in [5, 5.41) is 23.7. The van der Waals surface area contributed by atoms with Crippen molar-refractivity contribution in [2.75, 3.05) is 31.6 Å². The van der Waals surface area contributed by atoms with E-state index in [1.54, 1.807) is 6.08 Å². The van der Waals surface area contributed by atoms with Crippen LogP contribution in [0.2, 0.25) is 5.28 Å². The number of halogens is 1. The summed E-state index contributed by atoms with van der Waals surface area (Å²) in [6.07, 6.45) is 2.34. The average molecular weight is 384 g/mol. The van der Waals surface area contributed by atoms with E-state index in [2.05, 4.69) is 15.3 Å². The second-order valence-electron chi connectivity index (χ2n) is 6.04. The highest BCUT2D eigenvalue weighted by molar-refractivity contribution is 6.28. The minimum atomic E-state index is -0.965. The molecule has 3 rings (SSSR count). The first-order valence-corrected chi connectivity index (χ1v) is 8.57. The van der Waals surface area contributed by atoms with Gasteiger partial charge in [-0.1, -0.05) is 6.08 Å². The number of aromatic nitrogens is 2. The largest absolute Gasteiger partial charge is 0.465 e. The second-order valence-corrected chi connectivity index (χ2v) is 6.38. The predicted molar refractivity (Wildman–Crippen MR) is 93.4 cm³/mol. The molecule has 0 atom stereocenters. The van der Waals surface area contributed by atoms with Crippen molar-refractivity contribution in [3.8, 4) is 0 Å². The van der Waals surface area contributed by atoms with E-state index in [1.165, 1.54) is 4.90 Å². The number of nitro groups is 1. The molecular weight excluding hydrogens is 366 g/mol. The van der Waals surface area contributed by atoms with Crippen molar-refractivity contribution in [2.45, 2.75) is 25.3 Å². The van der Waals surface area contributed by atoms with Gasteiger partial charge in [0.05, 0.1) is 18.1 Å². The van der Waals surface area contributed by atoms with Crippen LogP contribution in [-0.4, -0.2) is 63.3 Å². The molecule has 0 aliphatic carbocycles. The highest BCUT2D eigenvalue weighted by Crippen LogP contribution is 2.35. The first kappa shape index (κ1) is 18.3. The van der Waals surface area contributed by atoms with E-state index in [0.717, 1.165) is 0 Å². The van der Waals surface area contributed by atoms with Gasteiger partial charge in [-0.2, -0.15) is 4.98 Å². The molecule has 1 saturated heterocycles. The number of amides is 1. The Balaban J connectivity index is 1.87. The van der Waals surface area contributed by atoms with Crippen molar-refractivity contribution in [1.82, 2.24) is 14.9 Å². The SMILES string of the molecule is O=C(O)N1CCC(Nc2nc(Cl)nc(C3=CCOCC3)c2[N+](=O)[O-])CC1. The summed E-state index contributed by atoms with van der Waals surface area (Å²) in [5.41, 5.74) is 0.683. The van der Waals surface area contributed by atoms with Crippen molar-refractivity contribution in [3.63, 3.8) is 0 Å². The number of anilines is 1. The summed E-state index contributed by atoms with van der Waals surface area (Å²) in [5.74, 6) is 0.0613. The van der Waals surface area contributed by atoms with Crippen LogP contribution in [0.25, 0.3) is 5.57 Å². The van der Waals surface area contributed by atoms with Gasteiger partial charge in [-0.05, 0) is 36.4 Å². The van der Waals surface area contributed by atoms with Gasteiger partial charge in [0.15, 0.2) is 5.69 Å². The number of carbonyl (C=O) groups is 1. The molecular formula is C15H18ClN5O5. The van der Waals surface area contributed by atoms with Gasteiger partial charge < -0.3 is 20.1 Å². The van der Waals surface area contributed by atoms with Crippen molar-refractivity contribution < 1.29 is 19.6 Å². The zero-order valence-corrected chi connectivity index (χ0v) is 14.6. The van der Waals surface area contributed by atoms with Gasteiger partial charge in [-0.3, -0.25) is 10.1 Å². The maximum atomic E-state index is 11.7. The Hall–Kier alpha value is -2.46. The van der Waals surface area contributed by atoms with Crippen molar-refractivity contribution >= 4 is 34.8 Å². The van der Waals surface area contributed by atoms with Crippen LogP contribution in [0.1, 0.15) is 25.0 Å². The monoisotopic (exact) mass is 383 g/mol. The van der Waals surface area contributed by atoms with E-state index in [9.17, 15) is 14.9 Å². The van der Waals surface area contributed by atoms with Crippen molar-refractivity contribution in [1.29, 1.82) is 0 Å². The third-order valence-corrected chi connectivity index (χ3v) is 4.58. The molecule has 0 spiro atoms. The van der Waals surface area contributed by atoms with Gasteiger partial charge in [0.2, 0.25) is 11.1 Å². The summed E-state index contributed by atoms with van der Waals surface area (Å²) < 4.78 is 5.24. The van der Waals surface area contributed by atoms with Crippen LogP contribution in [0.4, 0.5) is 16.3 Å². The molecule has 1 aromatic heterocycles. The average Bonchev–Trinajstić information content (AvgIpc) is 2.62. The lowest BCUT2D eigenvalue weighted by atomic mass is 10.0. The minimum absolute atomic E-state index is 0.0613. The Morgan fingerprint density at radius 3 is 2.73 bits per heavy atom. The van der Waals surface area contributed by atoms with Crippen LogP contribution in [0.5, 0.6) is 0 Å². The molecule has 0 radical (unpaired) electrons. The smallest absolute Gasteiger partial charge is 0.407 e. The van der Waals surface area contributed by atoms with Crippen LogP contribution in [0.15, 0.2) is 6.08 Å². The molecule has 11 heteroatoms. The third kappa shape index (κ3) is 4.02. The number of rotatable bonds is 4. The van der Waals surface area contributed by atoms with Crippen LogP contribution < -0.4 is 5.32 Å². The summed E-state index contributed by atoms with van der Waals surface area (Å²) in [7, 11) is 0. The zero-order chi connectivity index (χ0) is 18.7. The highest BCUT2D eigenvalue weighted by Gasteiger charge is 2.30. The number of ether oxygens (including phenoxy) is 1. The molecule has 1 aromatic rings. The Labute approximate surface area is 154 Å². The van der Waals surface area contributed by atoms with E-state index < -0.39 is 11.0 Å². The van der Waals surface area contributed by atoms with Crippen molar-refractivity contribution in [2.24, 2.45) is 0 Å². The molecule has 0 unspecified atom stereocenters. The topological polar surface area (TPSA) is 131 Å². The number of nitrogens with zero attached hydrogens (tertiary/aromatic N) is 4. The molecule has 1 fully saturated rings. The summed E-state index contributed by atoms with van der Waals surface area (Å²) >= 11 is 6.00. The predicted octanol–water partition coefficient (Wildman–Crippen LogP) is 2.40. The fourth-order valence-corrected chi connectivity index (χ4v) is 3.24. The van der Waals surface area contributed by atoms with Gasteiger partial charge in [0.1, 0.15) is 0 Å². The lowest BCUT2D eigenvalue weighted by Crippen LogP contribution is -2.41. The number of likely N-dealkylation sites (tertiary alicyclic amines) is 1. The van der Waals surface area contributed by atoms with Gasteiger partial charge in [0.25, 0.3) is 0 Å². The molecule has 2 aliphatic rings. The van der Waals surface area contributed by atoms with Crippen LogP contribution in [-0.2, 0) is 4.74 Å². The lowest BCUT2D eigenvalue weighted by molar-refractivity contribution is -0.384. The Bertz CT molecular complexity index is 748. The van der Waals surface area contributed by atoms with Crippen LogP contribution in [0.3, 0.4) is 0 Å². The van der Waals surface area contributed by atoms with Gasteiger partial charge in [0, 0.05) is 19.1 Å². The molecule has 0 aromatic carbocycles. The number of hydrogen-bond acceptors (Lipinski definition) is 7. The fourth-order valence-electron chi connectivity index (χ4n) is 3.08. The molecule has 2 aliphatic heterocycles. The van der Waals surface area contributed by atoms with Crippen molar-refractivity contribution in [3.05, 3.63) is 27.2 Å². The summed E-state index contributed by atoms with van der Waals surface area (Å²) in [4.78, 5) is 31.5. The second kappa shape index (κ2) is 7.83. The number of nitrogens with one attached hydrogen (secondary N) is 1. The van der Waals surface area contributed by atoms with Crippen LogP contribution >= 0.6 is 11.6 Å². The fraction of sp³-hybridized carbons (Fsp3) is 0.533. The molecule has 10 nitrogen and oxygen atoms in total. The quantitative estimate of drug-likeness (QED) is 0.460. The highest BCUT2D eigenvalue weighted by atomic mass is 35.5. The Morgan fingerprint density at radius 2 is 2.15 bits per heavy atom. The summed E-state index contributed by atoms with van der Waals surface area (Å²) in [6, 6.07) is -0.133. The molecule has 26 heavy (non-hydrogen) atoms. The molecule has 2 N–H and O–H groups in total. The van der Waals surface area contributed by atoms with Crippen LogP contribution in [0, 0.1) is 10.1 Å². The van der Waals surface area contributed by atoms with E-state index in [-0.39, 0.29) is 28.5 Å². The van der Waals surface area contributed by atoms with Gasteiger partial charge >= 0.3 is 11.8 Å². The molecule has 0 bridgehead atoms. The molecule has 0 saturated carbocycles. The van der Waals surface area contributed by atoms with E-state index in [0.29, 0.717) is 51.1 Å². The normalized spacial score (nSPS) is 18.3.